The minimum absolute atomic E-state index is 0.204. The van der Waals surface area contributed by atoms with Gasteiger partial charge in [0, 0.05) is 19.4 Å². The minimum Gasteiger partial charge on any atom is -0.357 e. The predicted octanol–water partition coefficient (Wildman–Crippen LogP) is 0.367. The molecule has 6 heteroatoms. The number of nitrogens with one attached hydrogen (secondary N) is 2. The van der Waals surface area contributed by atoms with Crippen LogP contribution in [-0.4, -0.2) is 34.9 Å². The minimum atomic E-state index is -0.551. The molecular formula is C12H18N4O2. The van der Waals surface area contributed by atoms with Crippen molar-refractivity contribution in [3.8, 4) is 0 Å². The number of carbonyl (C=O) groups excluding carboxylic acids is 2. The van der Waals surface area contributed by atoms with Crippen LogP contribution in [0, 0.1) is 5.92 Å². The zero-order chi connectivity index (χ0) is 13.5. The highest BCUT2D eigenvalue weighted by atomic mass is 16.2. The number of carbonyl (C=O) groups is 2. The molecule has 2 amide bonds. The fourth-order valence-electron chi connectivity index (χ4n) is 1.53. The Hall–Kier alpha value is -1.98. The lowest BCUT2D eigenvalue weighted by molar-refractivity contribution is -0.122. The van der Waals surface area contributed by atoms with E-state index in [2.05, 4.69) is 20.6 Å². The molecule has 0 fully saturated rings. The Morgan fingerprint density at radius 3 is 2.56 bits per heavy atom. The van der Waals surface area contributed by atoms with Crippen molar-refractivity contribution in [2.24, 2.45) is 5.92 Å². The van der Waals surface area contributed by atoms with E-state index in [1.54, 1.807) is 7.05 Å². The summed E-state index contributed by atoms with van der Waals surface area (Å²) in [6.07, 6.45) is 4.87. The summed E-state index contributed by atoms with van der Waals surface area (Å²) in [7, 11) is 1.55. The van der Waals surface area contributed by atoms with E-state index in [0.29, 0.717) is 12.3 Å². The van der Waals surface area contributed by atoms with Gasteiger partial charge in [0.2, 0.25) is 5.91 Å². The lowest BCUT2D eigenvalue weighted by atomic mass is 10.0. The molecule has 0 radical (unpaired) electrons. The predicted molar refractivity (Wildman–Crippen MR) is 66.8 cm³/mol. The Balaban J connectivity index is 2.71. The van der Waals surface area contributed by atoms with E-state index >= 15 is 0 Å². The Morgan fingerprint density at radius 2 is 2.06 bits per heavy atom. The maximum absolute atomic E-state index is 11.9. The molecule has 0 aromatic carbocycles. The van der Waals surface area contributed by atoms with Gasteiger partial charge in [0.25, 0.3) is 5.91 Å². The summed E-state index contributed by atoms with van der Waals surface area (Å²) in [5.41, 5.74) is 0.204. The van der Waals surface area contributed by atoms with Crippen LogP contribution in [0.15, 0.2) is 18.6 Å². The van der Waals surface area contributed by atoms with E-state index in [-0.39, 0.29) is 11.6 Å². The number of nitrogens with zero attached hydrogens (tertiary/aromatic N) is 2. The van der Waals surface area contributed by atoms with Crippen molar-refractivity contribution in [1.29, 1.82) is 0 Å². The maximum Gasteiger partial charge on any atom is 0.272 e. The molecule has 1 aromatic rings. The Bertz CT molecular complexity index is 406. The smallest absolute Gasteiger partial charge is 0.272 e. The number of amides is 2. The van der Waals surface area contributed by atoms with Gasteiger partial charge in [-0.15, -0.1) is 0 Å². The molecule has 1 heterocycles. The number of likely N-dealkylation sites (N-methyl/N-ethyl adjacent to an activating group) is 1. The molecule has 1 atom stereocenters. The van der Waals surface area contributed by atoms with E-state index < -0.39 is 11.9 Å². The first-order chi connectivity index (χ1) is 8.54. The maximum atomic E-state index is 11.9. The lowest BCUT2D eigenvalue weighted by Gasteiger charge is -2.18. The topological polar surface area (TPSA) is 84.0 Å². The van der Waals surface area contributed by atoms with E-state index in [0.717, 1.165) is 0 Å². The third kappa shape index (κ3) is 4.12. The second kappa shape index (κ2) is 6.68. The average Bonchev–Trinajstić information content (AvgIpc) is 2.37. The van der Waals surface area contributed by atoms with Gasteiger partial charge < -0.3 is 10.6 Å². The van der Waals surface area contributed by atoms with Crippen molar-refractivity contribution in [1.82, 2.24) is 20.6 Å². The van der Waals surface area contributed by atoms with Crippen LogP contribution in [0.25, 0.3) is 0 Å². The fraction of sp³-hybridized carbons (Fsp3) is 0.500. The lowest BCUT2D eigenvalue weighted by Crippen LogP contribution is -2.46. The van der Waals surface area contributed by atoms with Crippen molar-refractivity contribution >= 4 is 11.8 Å². The van der Waals surface area contributed by atoms with Crippen LogP contribution < -0.4 is 10.6 Å². The van der Waals surface area contributed by atoms with Gasteiger partial charge in [-0.25, -0.2) is 4.98 Å². The summed E-state index contributed by atoms with van der Waals surface area (Å²) in [6.45, 7) is 3.98. The average molecular weight is 250 g/mol. The monoisotopic (exact) mass is 250 g/mol. The zero-order valence-corrected chi connectivity index (χ0v) is 10.8. The number of hydrogen-bond donors (Lipinski definition) is 2. The van der Waals surface area contributed by atoms with Crippen LogP contribution >= 0.6 is 0 Å². The Morgan fingerprint density at radius 1 is 1.33 bits per heavy atom. The van der Waals surface area contributed by atoms with Gasteiger partial charge in [-0.05, 0) is 12.3 Å². The molecule has 0 spiro atoms. The second-order valence-corrected chi connectivity index (χ2v) is 4.36. The Labute approximate surface area is 106 Å². The molecule has 0 saturated heterocycles. The first-order valence-corrected chi connectivity index (χ1v) is 5.83. The highest BCUT2D eigenvalue weighted by Crippen LogP contribution is 2.05. The van der Waals surface area contributed by atoms with Crippen molar-refractivity contribution < 1.29 is 9.59 Å². The van der Waals surface area contributed by atoms with Crippen LogP contribution in [0.4, 0.5) is 0 Å². The second-order valence-electron chi connectivity index (χ2n) is 4.36. The summed E-state index contributed by atoms with van der Waals surface area (Å²) in [6, 6.07) is -0.551. The third-order valence-corrected chi connectivity index (χ3v) is 2.37. The van der Waals surface area contributed by atoms with E-state index in [4.69, 9.17) is 0 Å². The fourth-order valence-corrected chi connectivity index (χ4v) is 1.53. The van der Waals surface area contributed by atoms with Gasteiger partial charge in [-0.3, -0.25) is 14.6 Å². The molecule has 0 aliphatic heterocycles. The molecule has 18 heavy (non-hydrogen) atoms. The highest BCUT2D eigenvalue weighted by molar-refractivity contribution is 5.95. The summed E-state index contributed by atoms with van der Waals surface area (Å²) in [5, 5.41) is 5.20. The highest BCUT2D eigenvalue weighted by Gasteiger charge is 2.21. The molecule has 0 aliphatic rings. The van der Waals surface area contributed by atoms with Gasteiger partial charge in [0.05, 0.1) is 6.20 Å². The summed E-state index contributed by atoms with van der Waals surface area (Å²) < 4.78 is 0. The molecule has 0 bridgehead atoms. The van der Waals surface area contributed by atoms with E-state index in [1.807, 2.05) is 13.8 Å². The summed E-state index contributed by atoms with van der Waals surface area (Å²) in [5.74, 6) is -0.298. The SMILES string of the molecule is CNC(=O)[C@@H](CC(C)C)NC(=O)c1cnccn1. The van der Waals surface area contributed by atoms with Crippen LogP contribution in [0.3, 0.4) is 0 Å². The van der Waals surface area contributed by atoms with E-state index in [9.17, 15) is 9.59 Å². The standard InChI is InChI=1S/C12H18N4O2/c1-8(2)6-9(11(17)13-3)16-12(18)10-7-14-4-5-15-10/h4-5,7-9H,6H2,1-3H3,(H,13,17)(H,16,18)/t9-/m1/s1. The normalized spacial score (nSPS) is 12.0. The molecule has 1 rings (SSSR count). The molecule has 0 unspecified atom stereocenters. The van der Waals surface area contributed by atoms with Crippen LogP contribution in [0.2, 0.25) is 0 Å². The first-order valence-electron chi connectivity index (χ1n) is 5.83. The molecule has 6 nitrogen and oxygen atoms in total. The van der Waals surface area contributed by atoms with Gasteiger partial charge in [-0.2, -0.15) is 0 Å². The van der Waals surface area contributed by atoms with Gasteiger partial charge in [-0.1, -0.05) is 13.8 Å². The molecular weight excluding hydrogens is 232 g/mol. The zero-order valence-electron chi connectivity index (χ0n) is 10.8. The van der Waals surface area contributed by atoms with Crippen molar-refractivity contribution in [2.75, 3.05) is 7.05 Å². The third-order valence-electron chi connectivity index (χ3n) is 2.37. The molecule has 98 valence electrons. The van der Waals surface area contributed by atoms with Crippen molar-refractivity contribution in [2.45, 2.75) is 26.3 Å². The molecule has 2 N–H and O–H groups in total. The van der Waals surface area contributed by atoms with Crippen LogP contribution in [-0.2, 0) is 4.79 Å². The molecule has 0 aliphatic carbocycles. The van der Waals surface area contributed by atoms with Gasteiger partial charge >= 0.3 is 0 Å². The quantitative estimate of drug-likeness (QED) is 0.790. The van der Waals surface area contributed by atoms with Crippen LogP contribution in [0.1, 0.15) is 30.8 Å². The summed E-state index contributed by atoms with van der Waals surface area (Å²) >= 11 is 0. The van der Waals surface area contributed by atoms with E-state index in [1.165, 1.54) is 18.6 Å². The number of hydrogen-bond acceptors (Lipinski definition) is 4. The molecule has 1 aromatic heterocycles. The van der Waals surface area contributed by atoms with Crippen molar-refractivity contribution in [3.63, 3.8) is 0 Å². The van der Waals surface area contributed by atoms with Crippen LogP contribution in [0.5, 0.6) is 0 Å². The van der Waals surface area contributed by atoms with Gasteiger partial charge in [0.1, 0.15) is 11.7 Å². The molecule has 0 saturated carbocycles. The van der Waals surface area contributed by atoms with Gasteiger partial charge in [0.15, 0.2) is 0 Å². The first kappa shape index (κ1) is 14.1. The number of aromatic nitrogens is 2. The van der Waals surface area contributed by atoms with Crippen molar-refractivity contribution in [3.05, 3.63) is 24.3 Å². The Kier molecular flexibility index (Phi) is 5.23. The summed E-state index contributed by atoms with van der Waals surface area (Å²) in [4.78, 5) is 31.2. The largest absolute Gasteiger partial charge is 0.357 e. The number of rotatable bonds is 5.